The lowest BCUT2D eigenvalue weighted by Crippen LogP contribution is -2.08. The summed E-state index contributed by atoms with van der Waals surface area (Å²) in [7, 11) is 0. The molecule has 0 aliphatic carbocycles. The first kappa shape index (κ1) is 6.53. The van der Waals surface area contributed by atoms with Gasteiger partial charge in [-0.25, -0.2) is 0 Å². The van der Waals surface area contributed by atoms with E-state index >= 15 is 0 Å². The molecule has 0 unspecified atom stereocenters. The Balaban J connectivity index is 2.96. The summed E-state index contributed by atoms with van der Waals surface area (Å²) < 4.78 is 0. The van der Waals surface area contributed by atoms with Gasteiger partial charge in [0.15, 0.2) is 0 Å². The van der Waals surface area contributed by atoms with Crippen LogP contribution in [0, 0.1) is 0 Å². The molecular formula is C8H13N. The highest BCUT2D eigenvalue weighted by atomic mass is 14.9. The van der Waals surface area contributed by atoms with Crippen molar-refractivity contribution in [2.24, 2.45) is 4.99 Å². The Bertz CT molecular complexity index is 165. The molecule has 0 aromatic rings. The van der Waals surface area contributed by atoms with Gasteiger partial charge in [0, 0.05) is 5.71 Å². The molecule has 50 valence electrons. The van der Waals surface area contributed by atoms with Gasteiger partial charge in [0.2, 0.25) is 0 Å². The molecule has 0 radical (unpaired) electrons. The molecule has 1 rings (SSSR count). The van der Waals surface area contributed by atoms with Crippen molar-refractivity contribution in [3.63, 3.8) is 0 Å². The molecule has 1 nitrogen and oxygen atoms in total. The molecular weight excluding hydrogens is 110 g/mol. The number of hydrogen-bond donors (Lipinski definition) is 0. The maximum absolute atomic E-state index is 4.43. The largest absolute Gasteiger partial charge is 0.280 e. The predicted octanol–water partition coefficient (Wildman–Crippen LogP) is 2.19. The first-order chi connectivity index (χ1) is 4.01. The molecule has 0 atom stereocenters. The van der Waals surface area contributed by atoms with Crippen LogP contribution in [-0.2, 0) is 0 Å². The number of allylic oxidation sites excluding steroid dienone is 1. The molecule has 0 saturated carbocycles. The summed E-state index contributed by atoms with van der Waals surface area (Å²) in [5.41, 5.74) is 2.56. The van der Waals surface area contributed by atoms with Crippen molar-refractivity contribution in [1.82, 2.24) is 0 Å². The van der Waals surface area contributed by atoms with E-state index in [4.69, 9.17) is 0 Å². The summed E-state index contributed by atoms with van der Waals surface area (Å²) >= 11 is 0. The summed E-state index contributed by atoms with van der Waals surface area (Å²) in [6, 6.07) is 0. The van der Waals surface area contributed by atoms with E-state index in [-0.39, 0.29) is 5.54 Å². The second-order valence-electron chi connectivity index (χ2n) is 3.18. The van der Waals surface area contributed by atoms with Crippen LogP contribution in [0.4, 0.5) is 0 Å². The molecule has 0 N–H and O–H groups in total. The van der Waals surface area contributed by atoms with Crippen LogP contribution in [0.1, 0.15) is 27.7 Å². The maximum Gasteiger partial charge on any atom is 0.0740 e. The van der Waals surface area contributed by atoms with E-state index in [1.54, 1.807) is 0 Å². The van der Waals surface area contributed by atoms with Crippen molar-refractivity contribution in [2.45, 2.75) is 33.2 Å². The topological polar surface area (TPSA) is 12.4 Å². The van der Waals surface area contributed by atoms with Gasteiger partial charge in [0.05, 0.1) is 5.54 Å². The molecule has 0 saturated heterocycles. The molecule has 0 aromatic carbocycles. The van der Waals surface area contributed by atoms with Crippen LogP contribution < -0.4 is 0 Å². The Kier molecular flexibility index (Phi) is 1.23. The Hall–Kier alpha value is -0.590. The quantitative estimate of drug-likeness (QED) is 0.468. The minimum absolute atomic E-state index is 0.0637. The van der Waals surface area contributed by atoms with Crippen LogP contribution in [0.2, 0.25) is 0 Å². The molecule has 1 heterocycles. The van der Waals surface area contributed by atoms with Gasteiger partial charge in [-0.1, -0.05) is 6.08 Å². The summed E-state index contributed by atoms with van der Waals surface area (Å²) in [5.74, 6) is 0. The Morgan fingerprint density at radius 3 is 2.00 bits per heavy atom. The number of hydrogen-bond acceptors (Lipinski definition) is 1. The zero-order valence-corrected chi connectivity index (χ0v) is 6.52. The minimum Gasteiger partial charge on any atom is -0.280 e. The molecule has 0 spiro atoms. The smallest absolute Gasteiger partial charge is 0.0740 e. The van der Waals surface area contributed by atoms with Crippen molar-refractivity contribution in [3.8, 4) is 0 Å². The first-order valence-electron chi connectivity index (χ1n) is 3.27. The van der Waals surface area contributed by atoms with Gasteiger partial charge < -0.3 is 0 Å². The lowest BCUT2D eigenvalue weighted by molar-refractivity contribution is 0.668. The van der Waals surface area contributed by atoms with Crippen molar-refractivity contribution in [3.05, 3.63) is 11.6 Å². The average molecular weight is 123 g/mol. The molecule has 0 bridgehead atoms. The fraction of sp³-hybridized carbons (Fsp3) is 0.625. The third kappa shape index (κ3) is 1.21. The summed E-state index contributed by atoms with van der Waals surface area (Å²) in [5, 5.41) is 0. The van der Waals surface area contributed by atoms with Gasteiger partial charge in [0.1, 0.15) is 0 Å². The van der Waals surface area contributed by atoms with Crippen molar-refractivity contribution in [2.75, 3.05) is 0 Å². The number of nitrogens with zero attached hydrogens (tertiary/aromatic N) is 1. The molecule has 0 aromatic heterocycles. The SMILES string of the molecule is CC1=CC(C)(C)N=C1C. The second-order valence-corrected chi connectivity index (χ2v) is 3.18. The Morgan fingerprint density at radius 1 is 1.33 bits per heavy atom. The third-order valence-corrected chi connectivity index (χ3v) is 1.60. The number of rotatable bonds is 0. The van der Waals surface area contributed by atoms with E-state index in [0.29, 0.717) is 0 Å². The van der Waals surface area contributed by atoms with Gasteiger partial charge in [0.25, 0.3) is 0 Å². The van der Waals surface area contributed by atoms with Gasteiger partial charge in [-0.3, -0.25) is 4.99 Å². The minimum atomic E-state index is 0.0637. The highest BCUT2D eigenvalue weighted by Gasteiger charge is 2.19. The first-order valence-corrected chi connectivity index (χ1v) is 3.27. The van der Waals surface area contributed by atoms with E-state index in [2.05, 4.69) is 38.8 Å². The third-order valence-electron chi connectivity index (χ3n) is 1.60. The summed E-state index contributed by atoms with van der Waals surface area (Å²) in [6.07, 6.45) is 2.20. The van der Waals surface area contributed by atoms with Gasteiger partial charge >= 0.3 is 0 Å². The molecule has 9 heavy (non-hydrogen) atoms. The second kappa shape index (κ2) is 1.69. The zero-order valence-electron chi connectivity index (χ0n) is 6.52. The lowest BCUT2D eigenvalue weighted by Gasteiger charge is -2.08. The normalized spacial score (nSPS) is 23.6. The van der Waals surface area contributed by atoms with Crippen LogP contribution in [0.15, 0.2) is 16.6 Å². The van der Waals surface area contributed by atoms with Crippen LogP contribution >= 0.6 is 0 Å². The van der Waals surface area contributed by atoms with E-state index in [1.165, 1.54) is 11.3 Å². The van der Waals surface area contributed by atoms with Gasteiger partial charge in [-0.05, 0) is 33.3 Å². The molecule has 0 amide bonds. The highest BCUT2D eigenvalue weighted by Crippen LogP contribution is 2.21. The van der Waals surface area contributed by atoms with Crippen molar-refractivity contribution < 1.29 is 0 Å². The fourth-order valence-electron chi connectivity index (χ4n) is 1.19. The van der Waals surface area contributed by atoms with Crippen LogP contribution in [0.5, 0.6) is 0 Å². The van der Waals surface area contributed by atoms with Crippen LogP contribution in [0.25, 0.3) is 0 Å². The summed E-state index contributed by atoms with van der Waals surface area (Å²) in [6.45, 7) is 8.40. The van der Waals surface area contributed by atoms with E-state index in [9.17, 15) is 0 Å². The van der Waals surface area contributed by atoms with Crippen molar-refractivity contribution >= 4 is 5.71 Å². The Morgan fingerprint density at radius 2 is 1.89 bits per heavy atom. The van der Waals surface area contributed by atoms with E-state index in [0.717, 1.165) is 0 Å². The molecule has 1 heteroatoms. The zero-order chi connectivity index (χ0) is 7.07. The van der Waals surface area contributed by atoms with E-state index in [1.807, 2.05) is 0 Å². The monoisotopic (exact) mass is 123 g/mol. The lowest BCUT2D eigenvalue weighted by atomic mass is 10.1. The Labute approximate surface area is 56.5 Å². The number of aliphatic imine (C=N–C) groups is 1. The standard InChI is InChI=1S/C8H13N/c1-6-5-8(3,4)9-7(6)2/h5H,1-4H3. The highest BCUT2D eigenvalue weighted by molar-refractivity contribution is 6.00. The van der Waals surface area contributed by atoms with Crippen molar-refractivity contribution in [1.29, 1.82) is 0 Å². The molecule has 1 aliphatic rings. The van der Waals surface area contributed by atoms with E-state index < -0.39 is 0 Å². The fourth-order valence-corrected chi connectivity index (χ4v) is 1.19. The van der Waals surface area contributed by atoms with Crippen LogP contribution in [-0.4, -0.2) is 11.3 Å². The molecule has 1 aliphatic heterocycles. The molecule has 0 fully saturated rings. The van der Waals surface area contributed by atoms with Crippen LogP contribution in [0.3, 0.4) is 0 Å². The maximum atomic E-state index is 4.43. The van der Waals surface area contributed by atoms with Gasteiger partial charge in [-0.15, -0.1) is 0 Å². The predicted molar refractivity (Wildman–Crippen MR) is 40.9 cm³/mol. The van der Waals surface area contributed by atoms with Gasteiger partial charge in [-0.2, -0.15) is 0 Å². The average Bonchev–Trinajstić information content (AvgIpc) is 1.79. The summed E-state index contributed by atoms with van der Waals surface area (Å²) in [4.78, 5) is 4.43.